The molecule has 152 valence electrons. The fourth-order valence-electron chi connectivity index (χ4n) is 3.31. The lowest BCUT2D eigenvalue weighted by atomic mass is 10.0. The lowest BCUT2D eigenvalue weighted by Gasteiger charge is -2.32. The maximum atomic E-state index is 13.4. The van der Waals surface area contributed by atoms with E-state index >= 15 is 0 Å². The van der Waals surface area contributed by atoms with Gasteiger partial charge in [0.1, 0.15) is 0 Å². The molecule has 1 aromatic heterocycles. The summed E-state index contributed by atoms with van der Waals surface area (Å²) in [5.74, 6) is 0.245. The molecule has 3 aromatic rings. The third-order valence-electron chi connectivity index (χ3n) is 5.28. The van der Waals surface area contributed by atoms with Crippen LogP contribution in [0, 0.1) is 5.92 Å². The minimum absolute atomic E-state index is 0.0559. The van der Waals surface area contributed by atoms with Gasteiger partial charge in [-0.15, -0.1) is 0 Å². The molecule has 3 rings (SSSR count). The van der Waals surface area contributed by atoms with Crippen molar-refractivity contribution in [1.29, 1.82) is 0 Å². The van der Waals surface area contributed by atoms with Gasteiger partial charge in [-0.25, -0.2) is 0 Å². The number of carbonyl (C=O) groups excluding carboxylic acids is 1. The van der Waals surface area contributed by atoms with Gasteiger partial charge in [0.15, 0.2) is 0 Å². The molecule has 0 saturated carbocycles. The van der Waals surface area contributed by atoms with E-state index in [-0.39, 0.29) is 11.9 Å². The van der Waals surface area contributed by atoms with E-state index < -0.39 is 0 Å². The van der Waals surface area contributed by atoms with Crippen molar-refractivity contribution in [3.63, 3.8) is 0 Å². The van der Waals surface area contributed by atoms with E-state index in [9.17, 15) is 4.79 Å². The van der Waals surface area contributed by atoms with Crippen LogP contribution >= 0.6 is 23.2 Å². The highest BCUT2D eigenvalue weighted by molar-refractivity contribution is 6.35. The first-order valence-corrected chi connectivity index (χ1v) is 10.6. The Kier molecular flexibility index (Phi) is 7.05. The average molecular weight is 429 g/mol. The zero-order valence-corrected chi connectivity index (χ0v) is 18.5. The van der Waals surface area contributed by atoms with Crippen molar-refractivity contribution in [2.75, 3.05) is 0 Å². The third kappa shape index (κ3) is 5.43. The molecule has 0 aliphatic carbocycles. The lowest BCUT2D eigenvalue weighted by molar-refractivity contribution is 0.0622. The Labute approximate surface area is 182 Å². The van der Waals surface area contributed by atoms with Gasteiger partial charge >= 0.3 is 0 Å². The van der Waals surface area contributed by atoms with Crippen molar-refractivity contribution in [3.8, 4) is 0 Å². The van der Waals surface area contributed by atoms with E-state index in [1.165, 1.54) is 5.56 Å². The fourth-order valence-corrected chi connectivity index (χ4v) is 3.83. The summed E-state index contributed by atoms with van der Waals surface area (Å²) in [4.78, 5) is 15.3. The number of hydrogen-bond donors (Lipinski definition) is 0. The molecule has 5 heteroatoms. The Morgan fingerprint density at radius 2 is 1.62 bits per heavy atom. The summed E-state index contributed by atoms with van der Waals surface area (Å²) in [5.41, 5.74) is 2.82. The monoisotopic (exact) mass is 428 g/mol. The molecule has 0 aliphatic heterocycles. The molecule has 0 radical (unpaired) electrons. The minimum Gasteiger partial charge on any atom is -0.345 e. The van der Waals surface area contributed by atoms with Gasteiger partial charge in [-0.1, -0.05) is 67.4 Å². The summed E-state index contributed by atoms with van der Waals surface area (Å²) >= 11 is 12.3. The number of nitrogens with zero attached hydrogens (tertiary/aromatic N) is 2. The molecule has 0 unspecified atom stereocenters. The number of amides is 1. The number of benzene rings is 2. The standard InChI is InChI=1S/C24H26Cl2N2O/c1-17(2)18(3)28(24(29)20-12-21(25)14-22(26)13-20)16-23-10-7-11-27(23)15-19-8-5-4-6-9-19/h4-14,17-18H,15-16H2,1-3H3/t18-/m0/s1. The van der Waals surface area contributed by atoms with E-state index in [1.54, 1.807) is 18.2 Å². The highest BCUT2D eigenvalue weighted by Crippen LogP contribution is 2.24. The van der Waals surface area contributed by atoms with Gasteiger partial charge in [0, 0.05) is 40.1 Å². The third-order valence-corrected chi connectivity index (χ3v) is 5.71. The van der Waals surface area contributed by atoms with E-state index in [1.807, 2.05) is 29.2 Å². The van der Waals surface area contributed by atoms with Crippen LogP contribution in [-0.4, -0.2) is 21.4 Å². The van der Waals surface area contributed by atoms with Crippen molar-refractivity contribution in [2.24, 2.45) is 5.92 Å². The first kappa shape index (κ1) is 21.5. The van der Waals surface area contributed by atoms with Gasteiger partial charge in [-0.2, -0.15) is 0 Å². The Bertz CT molecular complexity index is 946. The smallest absolute Gasteiger partial charge is 0.254 e. The summed E-state index contributed by atoms with van der Waals surface area (Å²) in [6, 6.07) is 19.5. The molecule has 0 bridgehead atoms. The van der Waals surface area contributed by atoms with Crippen molar-refractivity contribution >= 4 is 29.1 Å². The summed E-state index contributed by atoms with van der Waals surface area (Å²) in [6.07, 6.45) is 2.06. The molecule has 0 saturated heterocycles. The van der Waals surface area contributed by atoms with E-state index in [0.717, 1.165) is 12.2 Å². The molecule has 1 amide bonds. The predicted molar refractivity (Wildman–Crippen MR) is 121 cm³/mol. The first-order chi connectivity index (χ1) is 13.8. The van der Waals surface area contributed by atoms with Gasteiger partial charge in [-0.05, 0) is 48.7 Å². The van der Waals surface area contributed by atoms with Crippen LogP contribution in [0.3, 0.4) is 0 Å². The largest absolute Gasteiger partial charge is 0.345 e. The van der Waals surface area contributed by atoms with Gasteiger partial charge in [0.25, 0.3) is 5.91 Å². The van der Waals surface area contributed by atoms with Crippen molar-refractivity contribution in [3.05, 3.63) is 93.7 Å². The van der Waals surface area contributed by atoms with Crippen LogP contribution in [0.5, 0.6) is 0 Å². The molecule has 1 heterocycles. The Hall–Kier alpha value is -2.23. The van der Waals surface area contributed by atoms with Crippen LogP contribution in [0.1, 0.15) is 42.4 Å². The topological polar surface area (TPSA) is 25.2 Å². The molecule has 1 atom stereocenters. The second-order valence-corrected chi connectivity index (χ2v) is 8.56. The SMILES string of the molecule is CC(C)[C@H](C)N(Cc1cccn1Cc1ccccc1)C(=O)c1cc(Cl)cc(Cl)c1. The molecule has 0 aliphatic rings. The second kappa shape index (κ2) is 9.51. The minimum atomic E-state index is -0.0666. The van der Waals surface area contributed by atoms with Gasteiger partial charge in [0.2, 0.25) is 0 Å². The Morgan fingerprint density at radius 1 is 0.966 bits per heavy atom. The molecular weight excluding hydrogens is 403 g/mol. The number of aromatic nitrogens is 1. The Balaban J connectivity index is 1.89. The van der Waals surface area contributed by atoms with Crippen LogP contribution in [-0.2, 0) is 13.1 Å². The average Bonchev–Trinajstić information content (AvgIpc) is 3.11. The second-order valence-electron chi connectivity index (χ2n) is 7.69. The van der Waals surface area contributed by atoms with Crippen LogP contribution in [0.4, 0.5) is 0 Å². The highest BCUT2D eigenvalue weighted by atomic mass is 35.5. The molecule has 0 N–H and O–H groups in total. The quantitative estimate of drug-likeness (QED) is 0.419. The molecule has 0 spiro atoms. The van der Waals surface area contributed by atoms with Gasteiger partial charge < -0.3 is 9.47 Å². The first-order valence-electron chi connectivity index (χ1n) is 9.80. The molecular formula is C24H26Cl2N2O. The zero-order chi connectivity index (χ0) is 21.0. The number of carbonyl (C=O) groups is 1. The summed E-state index contributed by atoms with van der Waals surface area (Å²) < 4.78 is 2.19. The van der Waals surface area contributed by atoms with E-state index in [2.05, 4.69) is 49.7 Å². The maximum Gasteiger partial charge on any atom is 0.254 e. The van der Waals surface area contributed by atoms with Crippen LogP contribution in [0.25, 0.3) is 0 Å². The van der Waals surface area contributed by atoms with Crippen molar-refractivity contribution in [2.45, 2.75) is 39.9 Å². The highest BCUT2D eigenvalue weighted by Gasteiger charge is 2.25. The molecule has 0 fully saturated rings. The molecule has 3 nitrogen and oxygen atoms in total. The number of hydrogen-bond acceptors (Lipinski definition) is 1. The number of rotatable bonds is 7. The maximum absolute atomic E-state index is 13.4. The summed E-state index contributed by atoms with van der Waals surface area (Å²) in [5, 5.41) is 0.927. The normalized spacial score (nSPS) is 12.2. The van der Waals surface area contributed by atoms with Crippen LogP contribution in [0.2, 0.25) is 10.0 Å². The zero-order valence-electron chi connectivity index (χ0n) is 17.0. The van der Waals surface area contributed by atoms with Crippen molar-refractivity contribution < 1.29 is 4.79 Å². The summed E-state index contributed by atoms with van der Waals surface area (Å²) in [6.45, 7) is 7.61. The lowest BCUT2D eigenvalue weighted by Crippen LogP contribution is -2.41. The predicted octanol–water partition coefficient (Wildman–Crippen LogP) is 6.53. The Morgan fingerprint density at radius 3 is 2.24 bits per heavy atom. The number of halogens is 2. The summed E-state index contributed by atoms with van der Waals surface area (Å²) in [7, 11) is 0. The van der Waals surface area contributed by atoms with Crippen molar-refractivity contribution in [1.82, 2.24) is 9.47 Å². The molecule has 2 aromatic carbocycles. The van der Waals surface area contributed by atoms with Crippen LogP contribution in [0.15, 0.2) is 66.9 Å². The fraction of sp³-hybridized carbons (Fsp3) is 0.292. The van der Waals surface area contributed by atoms with Crippen LogP contribution < -0.4 is 0 Å². The molecule has 29 heavy (non-hydrogen) atoms. The van der Waals surface area contributed by atoms with Gasteiger partial charge in [-0.3, -0.25) is 4.79 Å². The van der Waals surface area contributed by atoms with E-state index in [4.69, 9.17) is 23.2 Å². The van der Waals surface area contributed by atoms with E-state index in [0.29, 0.717) is 28.1 Å². The van der Waals surface area contributed by atoms with Gasteiger partial charge in [0.05, 0.1) is 6.54 Å².